The summed E-state index contributed by atoms with van der Waals surface area (Å²) in [6.45, 7) is 2.16. The van der Waals surface area contributed by atoms with E-state index in [4.69, 9.17) is 0 Å². The first-order valence-electron chi connectivity index (χ1n) is 4.41. The van der Waals surface area contributed by atoms with E-state index < -0.39 is 0 Å². The number of pyridine rings is 1. The Hall–Kier alpha value is -0.920. The molecule has 0 amide bonds. The van der Waals surface area contributed by atoms with E-state index in [0.717, 1.165) is 17.7 Å². The Labute approximate surface area is 71.6 Å². The van der Waals surface area contributed by atoms with Crippen LogP contribution in [0, 0.1) is 5.82 Å². The van der Waals surface area contributed by atoms with Crippen molar-refractivity contribution in [2.45, 2.75) is 32.1 Å². The van der Waals surface area contributed by atoms with Crippen molar-refractivity contribution in [2.24, 2.45) is 0 Å². The van der Waals surface area contributed by atoms with Crippen LogP contribution in [0.2, 0.25) is 0 Å². The van der Waals surface area contributed by atoms with Gasteiger partial charge in [-0.2, -0.15) is 0 Å². The summed E-state index contributed by atoms with van der Waals surface area (Å²) in [5, 5.41) is 0. The van der Waals surface area contributed by atoms with Gasteiger partial charge in [0.25, 0.3) is 0 Å². The van der Waals surface area contributed by atoms with E-state index >= 15 is 0 Å². The summed E-state index contributed by atoms with van der Waals surface area (Å²) in [4.78, 5) is 4.12. The van der Waals surface area contributed by atoms with Crippen LogP contribution in [0.4, 0.5) is 4.39 Å². The van der Waals surface area contributed by atoms with Crippen molar-refractivity contribution in [3.8, 4) is 0 Å². The molecule has 1 nitrogen and oxygen atoms in total. The summed E-state index contributed by atoms with van der Waals surface area (Å²) in [5.74, 6) is 0.303. The molecule has 1 aliphatic carbocycles. The molecule has 0 radical (unpaired) electrons. The number of nitrogens with zero attached hydrogens (tertiary/aromatic N) is 1. The minimum absolute atomic E-state index is 0.206. The molecule has 2 rings (SSSR count). The number of aromatic nitrogens is 1. The van der Waals surface area contributed by atoms with E-state index in [9.17, 15) is 4.39 Å². The van der Waals surface area contributed by atoms with Gasteiger partial charge >= 0.3 is 0 Å². The average molecular weight is 165 g/mol. The molecule has 0 aliphatic heterocycles. The quantitative estimate of drug-likeness (QED) is 0.576. The van der Waals surface area contributed by atoms with Gasteiger partial charge in [-0.25, -0.2) is 4.39 Å². The summed E-state index contributed by atoms with van der Waals surface area (Å²) in [6, 6.07) is 1.62. The third kappa shape index (κ3) is 1.22. The van der Waals surface area contributed by atoms with Gasteiger partial charge in [0.1, 0.15) is 5.82 Å². The molecule has 0 saturated heterocycles. The lowest BCUT2D eigenvalue weighted by Gasteiger charge is -2.20. The average Bonchev–Trinajstić information content (AvgIpc) is 2.04. The predicted molar refractivity (Wildman–Crippen MR) is 45.5 cm³/mol. The number of hydrogen-bond acceptors (Lipinski definition) is 1. The third-order valence-electron chi connectivity index (χ3n) is 2.52. The first kappa shape index (κ1) is 7.71. The highest BCUT2D eigenvalue weighted by Gasteiger charge is 2.17. The van der Waals surface area contributed by atoms with Gasteiger partial charge in [0.15, 0.2) is 0 Å². The fourth-order valence-electron chi connectivity index (χ4n) is 1.87. The van der Waals surface area contributed by atoms with Crippen LogP contribution in [0.1, 0.15) is 36.9 Å². The zero-order valence-corrected chi connectivity index (χ0v) is 7.18. The van der Waals surface area contributed by atoms with Crippen LogP contribution < -0.4 is 0 Å². The Morgan fingerprint density at radius 3 is 3.25 bits per heavy atom. The Morgan fingerprint density at radius 2 is 2.42 bits per heavy atom. The van der Waals surface area contributed by atoms with Crippen LogP contribution in [-0.4, -0.2) is 4.98 Å². The highest BCUT2D eigenvalue weighted by atomic mass is 19.1. The maximum Gasteiger partial charge on any atom is 0.141 e. The molecule has 0 bridgehead atoms. The predicted octanol–water partition coefficient (Wildman–Crippen LogP) is 2.66. The lowest BCUT2D eigenvalue weighted by molar-refractivity contribution is 0.555. The van der Waals surface area contributed by atoms with E-state index in [-0.39, 0.29) is 5.82 Å². The normalized spacial score (nSPS) is 22.0. The first-order valence-corrected chi connectivity index (χ1v) is 4.41. The topological polar surface area (TPSA) is 12.9 Å². The molecule has 0 fully saturated rings. The van der Waals surface area contributed by atoms with Crippen LogP contribution in [0.25, 0.3) is 0 Å². The number of hydrogen-bond donors (Lipinski definition) is 0. The summed E-state index contributed by atoms with van der Waals surface area (Å²) < 4.78 is 12.8. The molecular weight excluding hydrogens is 153 g/mol. The second-order valence-corrected chi connectivity index (χ2v) is 3.49. The molecule has 1 heterocycles. The third-order valence-corrected chi connectivity index (χ3v) is 2.52. The summed E-state index contributed by atoms with van der Waals surface area (Å²) in [7, 11) is 0. The number of aryl methyl sites for hydroxylation is 1. The monoisotopic (exact) mass is 165 g/mol. The zero-order valence-electron chi connectivity index (χ0n) is 7.18. The molecule has 64 valence electrons. The number of rotatable bonds is 0. The molecule has 1 unspecified atom stereocenters. The maximum absolute atomic E-state index is 12.8. The Bertz CT molecular complexity index is 296. The van der Waals surface area contributed by atoms with Gasteiger partial charge in [0.05, 0.1) is 6.20 Å². The highest BCUT2D eigenvalue weighted by Crippen LogP contribution is 2.29. The van der Waals surface area contributed by atoms with Gasteiger partial charge in [0, 0.05) is 5.69 Å². The molecule has 0 spiro atoms. The van der Waals surface area contributed by atoms with Gasteiger partial charge in [0.2, 0.25) is 0 Å². The Kier molecular flexibility index (Phi) is 1.83. The molecule has 0 aromatic carbocycles. The van der Waals surface area contributed by atoms with Crippen molar-refractivity contribution in [1.82, 2.24) is 4.98 Å². The van der Waals surface area contributed by atoms with Gasteiger partial charge in [-0.1, -0.05) is 6.92 Å². The lowest BCUT2D eigenvalue weighted by atomic mass is 9.88. The van der Waals surface area contributed by atoms with Crippen molar-refractivity contribution in [1.29, 1.82) is 0 Å². The van der Waals surface area contributed by atoms with Gasteiger partial charge in [-0.3, -0.25) is 4.98 Å². The highest BCUT2D eigenvalue weighted by molar-refractivity contribution is 5.25. The molecule has 2 heteroatoms. The van der Waals surface area contributed by atoms with E-state index in [2.05, 4.69) is 11.9 Å². The maximum atomic E-state index is 12.8. The number of halogens is 1. The molecular formula is C10H12FN. The standard InChI is InChI=1S/C10H12FN/c1-7-3-2-4-8-5-9(11)6-12-10(7)8/h5-7H,2-4H2,1H3. The second-order valence-electron chi connectivity index (χ2n) is 3.49. The van der Waals surface area contributed by atoms with Crippen LogP contribution in [0.3, 0.4) is 0 Å². The molecule has 1 atom stereocenters. The molecule has 1 aromatic heterocycles. The lowest BCUT2D eigenvalue weighted by Crippen LogP contribution is -2.09. The largest absolute Gasteiger partial charge is 0.258 e. The summed E-state index contributed by atoms with van der Waals surface area (Å²) in [5.41, 5.74) is 2.20. The SMILES string of the molecule is CC1CCCc2cc(F)cnc21. The van der Waals surface area contributed by atoms with Crippen molar-refractivity contribution >= 4 is 0 Å². The van der Waals surface area contributed by atoms with Gasteiger partial charge in [-0.15, -0.1) is 0 Å². The smallest absolute Gasteiger partial charge is 0.141 e. The molecule has 1 aromatic rings. The van der Waals surface area contributed by atoms with Crippen LogP contribution >= 0.6 is 0 Å². The van der Waals surface area contributed by atoms with Crippen LogP contribution in [0.15, 0.2) is 12.3 Å². The summed E-state index contributed by atoms with van der Waals surface area (Å²) in [6.07, 6.45) is 4.66. The minimum atomic E-state index is -0.206. The van der Waals surface area contributed by atoms with Crippen molar-refractivity contribution in [3.63, 3.8) is 0 Å². The number of fused-ring (bicyclic) bond motifs is 1. The minimum Gasteiger partial charge on any atom is -0.258 e. The Morgan fingerprint density at radius 1 is 1.58 bits per heavy atom. The second kappa shape index (κ2) is 2.85. The summed E-state index contributed by atoms with van der Waals surface area (Å²) >= 11 is 0. The fourth-order valence-corrected chi connectivity index (χ4v) is 1.87. The Balaban J connectivity index is 2.46. The fraction of sp³-hybridized carbons (Fsp3) is 0.500. The van der Waals surface area contributed by atoms with Gasteiger partial charge < -0.3 is 0 Å². The van der Waals surface area contributed by atoms with E-state index in [1.807, 2.05) is 0 Å². The van der Waals surface area contributed by atoms with Crippen molar-refractivity contribution in [3.05, 3.63) is 29.3 Å². The van der Waals surface area contributed by atoms with Crippen molar-refractivity contribution in [2.75, 3.05) is 0 Å². The molecule has 1 aliphatic rings. The molecule has 12 heavy (non-hydrogen) atoms. The molecule has 0 saturated carbocycles. The van der Waals surface area contributed by atoms with Crippen LogP contribution in [-0.2, 0) is 6.42 Å². The van der Waals surface area contributed by atoms with E-state index in [0.29, 0.717) is 5.92 Å². The van der Waals surface area contributed by atoms with E-state index in [1.165, 1.54) is 19.0 Å². The van der Waals surface area contributed by atoms with Crippen molar-refractivity contribution < 1.29 is 4.39 Å². The van der Waals surface area contributed by atoms with Gasteiger partial charge in [-0.05, 0) is 36.8 Å². The van der Waals surface area contributed by atoms with Crippen LogP contribution in [0.5, 0.6) is 0 Å². The first-order chi connectivity index (χ1) is 5.77. The van der Waals surface area contributed by atoms with E-state index in [1.54, 1.807) is 6.07 Å². The zero-order chi connectivity index (χ0) is 8.55. The molecule has 0 N–H and O–H groups in total.